The van der Waals surface area contributed by atoms with E-state index in [9.17, 15) is 0 Å². The molecule has 0 bridgehead atoms. The summed E-state index contributed by atoms with van der Waals surface area (Å²) in [5, 5.41) is 3.56. The molecule has 0 aliphatic carbocycles. The van der Waals surface area contributed by atoms with E-state index in [4.69, 9.17) is 34.9 Å². The Morgan fingerprint density at radius 1 is 0.132 bits per heavy atom. The maximum absolute atomic E-state index is 5.18. The van der Waals surface area contributed by atoms with Crippen LogP contribution in [0.4, 0.5) is 0 Å². The summed E-state index contributed by atoms with van der Waals surface area (Å²) >= 11 is 13.4. The van der Waals surface area contributed by atoms with Gasteiger partial charge in [0.25, 0.3) is 0 Å². The summed E-state index contributed by atoms with van der Waals surface area (Å²) in [4.78, 5) is 40.4. The molecular formula is C132H86N8Se4. The summed E-state index contributed by atoms with van der Waals surface area (Å²) in [6, 6.07) is 179. The summed E-state index contributed by atoms with van der Waals surface area (Å²) in [5.41, 5.74) is 40.7. The second-order valence-electron chi connectivity index (χ2n) is 34.8. The molecule has 0 atom stereocenters. The molecule has 4 radical (unpaired) electrons. The van der Waals surface area contributed by atoms with Crippen molar-refractivity contribution in [2.75, 3.05) is 0 Å². The number of rotatable bonds is 16. The molecule has 0 fully saturated rings. The molecule has 20 aromatic carbocycles. The zero-order valence-corrected chi connectivity index (χ0v) is 84.7. The van der Waals surface area contributed by atoms with Crippen LogP contribution in [0.3, 0.4) is 0 Å². The first-order valence-electron chi connectivity index (χ1n) is 47.6. The maximum atomic E-state index is 5.18. The number of fused-ring (bicyclic) bond motifs is 5. The quantitative estimate of drug-likeness (QED) is 0.0882. The van der Waals surface area contributed by atoms with Crippen molar-refractivity contribution < 1.29 is 0 Å². The van der Waals surface area contributed by atoms with Gasteiger partial charge in [-0.2, -0.15) is 0 Å². The predicted octanol–water partition coefficient (Wildman–Crippen LogP) is 29.5. The van der Waals surface area contributed by atoms with Crippen LogP contribution in [-0.2, 0) is 0 Å². The third-order valence-electron chi connectivity index (χ3n) is 25.7. The number of benzene rings is 20. The van der Waals surface area contributed by atoms with E-state index in [0.29, 0.717) is 0 Å². The predicted molar refractivity (Wildman–Crippen MR) is 604 cm³/mol. The molecule has 12 heteroatoms. The Morgan fingerprint density at radius 3 is 0.778 bits per heavy atom. The molecular weight excluding hydrogens is 2010 g/mol. The van der Waals surface area contributed by atoms with Gasteiger partial charge in [-0.3, -0.25) is 0 Å². The molecule has 25 rings (SSSR count). The Hall–Kier alpha value is -16.7. The third-order valence-corrected chi connectivity index (χ3v) is 29.4. The van der Waals surface area contributed by atoms with Crippen molar-refractivity contribution in [1.29, 1.82) is 0 Å². The van der Waals surface area contributed by atoms with Gasteiger partial charge in [-0.25, -0.2) is 0 Å². The van der Waals surface area contributed by atoms with Crippen molar-refractivity contribution in [1.82, 2.24) is 39.9 Å². The van der Waals surface area contributed by atoms with Crippen LogP contribution in [0.1, 0.15) is 0 Å². The SMILES string of the molecule is [Se]c1c(-c2cccc(-c3ccc4ccccc4c3)c2)cccc1-c1nc2ccccc2nc1-c1ccccc1.[Se]c1c(-c2cccc(-c3ccccc3)c2)cccc1-c1nc2ccccc2nc1-c1ccc(-c2ccccc2)cc1.[Se]c1c(-c2cccc(-c3ccccc3)c2)cccc1-c1nc2ccccc2nc1-c1ccccc1.[Se]c1c(-c2ccccc2)cccc1-c1cc2ncccc2c(-c2ccccc2)n1. The second-order valence-corrected chi connectivity index (χ2v) is 38.3. The van der Waals surface area contributed by atoms with Gasteiger partial charge in [-0.05, 0) is 0 Å². The molecule has 25 aromatic rings. The van der Waals surface area contributed by atoms with Crippen molar-refractivity contribution in [3.05, 3.63) is 522 Å². The van der Waals surface area contributed by atoms with Gasteiger partial charge >= 0.3 is 877 Å². The first-order chi connectivity index (χ1) is 71.1. The zero-order chi connectivity index (χ0) is 97.0. The molecule has 0 aliphatic heterocycles. The van der Waals surface area contributed by atoms with Gasteiger partial charge in [0.05, 0.1) is 0 Å². The van der Waals surface area contributed by atoms with Crippen molar-refractivity contribution in [2.24, 2.45) is 0 Å². The van der Waals surface area contributed by atoms with Crippen LogP contribution >= 0.6 is 0 Å². The monoisotopic (exact) mass is 2100 g/mol. The van der Waals surface area contributed by atoms with E-state index >= 15 is 0 Å². The number of hydrogen-bond acceptors (Lipinski definition) is 8. The van der Waals surface area contributed by atoms with Crippen LogP contribution in [-0.4, -0.2) is 104 Å². The average molecular weight is 2100 g/mol. The van der Waals surface area contributed by atoms with Gasteiger partial charge in [0, 0.05) is 0 Å². The van der Waals surface area contributed by atoms with E-state index in [1.165, 1.54) is 66.4 Å². The van der Waals surface area contributed by atoms with Crippen LogP contribution in [0.25, 0.3) is 234 Å². The van der Waals surface area contributed by atoms with Crippen molar-refractivity contribution in [2.45, 2.75) is 0 Å². The number of aromatic nitrogens is 8. The van der Waals surface area contributed by atoms with Crippen LogP contribution in [0.15, 0.2) is 522 Å². The Kier molecular flexibility index (Phi) is 27.4. The third kappa shape index (κ3) is 20.0. The molecule has 0 N–H and O–H groups in total. The fourth-order valence-electron chi connectivity index (χ4n) is 18.5. The summed E-state index contributed by atoms with van der Waals surface area (Å²) in [6.45, 7) is 0. The summed E-state index contributed by atoms with van der Waals surface area (Å²) < 4.78 is 4.29. The standard InChI is InChI=1S/C38H25N2Se.C36H23N2Se.C32H21N2Se.C26H17N2Se/c41-38-32(31-16-9-15-30(25-31)27-13-5-2-6-14-27)17-10-18-33(38)37-36(39-34-19-7-8-20-35(34)40-37)29-23-21-28(22-24-29)26-11-3-1-4-12-26;39-36-30(29-15-8-14-27(23-29)28-21-20-24-10-4-5-13-26(24)22-28)16-9-17-31(36)35-34(25-11-2-1-3-12-25)37-32-18-6-7-19-33(32)38-35;35-32-26(25-16-9-15-24(21-25)22-11-3-1-4-12-22)17-10-18-27(32)31-30(23-13-5-2-6-14-23)33-28-19-7-8-20-29(28)34-31;29-26-20(18-9-3-1-4-10-18)13-7-14-22(26)24-17-23-21(15-8-16-27-23)25(28-24)19-11-5-2-6-12-19/h1-25H;1-23H;1-21H;1-17H. The van der Waals surface area contributed by atoms with Gasteiger partial charge < -0.3 is 0 Å². The Balaban J connectivity index is 0.000000110. The van der Waals surface area contributed by atoms with Crippen LogP contribution < -0.4 is 17.8 Å². The fourth-order valence-corrected chi connectivity index (χ4v) is 21.5. The van der Waals surface area contributed by atoms with E-state index in [1.54, 1.807) is 0 Å². The molecule has 5 heterocycles. The number of hydrogen-bond donors (Lipinski definition) is 0. The Labute approximate surface area is 869 Å². The van der Waals surface area contributed by atoms with E-state index in [0.717, 1.165) is 185 Å². The van der Waals surface area contributed by atoms with Crippen LogP contribution in [0, 0.1) is 0 Å². The molecule has 144 heavy (non-hydrogen) atoms. The second kappa shape index (κ2) is 42.8. The molecule has 0 saturated heterocycles. The average Bonchev–Trinajstić information content (AvgIpc) is 0.785. The first-order valence-corrected chi connectivity index (χ1v) is 51.1. The van der Waals surface area contributed by atoms with E-state index in [1.807, 2.05) is 164 Å². The number of nitrogens with zero attached hydrogens (tertiary/aromatic N) is 8. The van der Waals surface area contributed by atoms with Crippen molar-refractivity contribution >= 4 is 137 Å². The summed E-state index contributed by atoms with van der Waals surface area (Å²) in [7, 11) is 0. The topological polar surface area (TPSA) is 103 Å². The van der Waals surface area contributed by atoms with Gasteiger partial charge in [-0.15, -0.1) is 0 Å². The molecule has 5 aromatic heterocycles. The van der Waals surface area contributed by atoms with Crippen LogP contribution in [0.2, 0.25) is 0 Å². The first kappa shape index (κ1) is 92.3. The normalized spacial score (nSPS) is 11.0. The molecule has 0 saturated carbocycles. The summed E-state index contributed by atoms with van der Waals surface area (Å²) in [5.74, 6) is 0. The van der Waals surface area contributed by atoms with E-state index < -0.39 is 0 Å². The van der Waals surface area contributed by atoms with Crippen LogP contribution in [0.5, 0.6) is 0 Å². The molecule has 0 aliphatic rings. The van der Waals surface area contributed by atoms with Gasteiger partial charge in [0.1, 0.15) is 0 Å². The van der Waals surface area contributed by atoms with Gasteiger partial charge in [0.15, 0.2) is 0 Å². The van der Waals surface area contributed by atoms with Crippen molar-refractivity contribution in [3.8, 4) is 179 Å². The minimum absolute atomic E-state index is 0.867. The Morgan fingerprint density at radius 2 is 0.382 bits per heavy atom. The van der Waals surface area contributed by atoms with Gasteiger partial charge in [0.2, 0.25) is 0 Å². The molecule has 0 amide bonds. The molecule has 678 valence electrons. The van der Waals surface area contributed by atoms with Gasteiger partial charge in [-0.1, -0.05) is 0 Å². The molecule has 8 nitrogen and oxygen atoms in total. The minimum atomic E-state index is 0.867. The number of pyridine rings is 2. The zero-order valence-electron chi connectivity index (χ0n) is 77.9. The number of para-hydroxylation sites is 6. The molecule has 0 unspecified atom stereocenters. The van der Waals surface area contributed by atoms with Crippen molar-refractivity contribution in [3.63, 3.8) is 0 Å². The summed E-state index contributed by atoms with van der Waals surface area (Å²) in [6.07, 6.45) is 1.83. The van der Waals surface area contributed by atoms with E-state index in [-0.39, 0.29) is 0 Å². The van der Waals surface area contributed by atoms with E-state index in [2.05, 4.69) is 427 Å². The fraction of sp³-hybridized carbons (Fsp3) is 0. The Bertz CT molecular complexity index is 8980. The molecule has 0 spiro atoms.